The summed E-state index contributed by atoms with van der Waals surface area (Å²) in [6.45, 7) is 3.58. The molecule has 0 aliphatic carbocycles. The molecule has 0 atom stereocenters. The minimum atomic E-state index is 0.319. The summed E-state index contributed by atoms with van der Waals surface area (Å²) in [6, 6.07) is 0. The lowest BCUT2D eigenvalue weighted by Crippen LogP contribution is -2.22. The van der Waals surface area contributed by atoms with E-state index in [1.165, 1.54) is 33.0 Å². The summed E-state index contributed by atoms with van der Waals surface area (Å²) in [7, 11) is 1.50. The zero-order valence-electron chi connectivity index (χ0n) is 6.71. The summed E-state index contributed by atoms with van der Waals surface area (Å²) in [6.07, 6.45) is 2.64. The molecule has 1 fully saturated rings. The monoisotopic (exact) mass is 146 g/mol. The second-order valence-corrected chi connectivity index (χ2v) is 2.27. The summed E-state index contributed by atoms with van der Waals surface area (Å²) in [5.41, 5.74) is 4.50. The number of aliphatic hydroxyl groups excluding tert-OH is 1. The molecule has 1 aliphatic heterocycles. The third-order valence-electron chi connectivity index (χ3n) is 1.61. The normalized spacial score (nSPS) is 18.3. The Bertz CT molecular complexity index is 62.6. The zero-order valence-corrected chi connectivity index (χ0v) is 6.71. The van der Waals surface area contributed by atoms with Crippen LogP contribution >= 0.6 is 0 Å². The van der Waals surface area contributed by atoms with E-state index < -0.39 is 0 Å². The Labute approximate surface area is 62.8 Å². The molecule has 3 N–H and O–H groups in total. The van der Waals surface area contributed by atoms with Gasteiger partial charge in [0.05, 0.1) is 6.61 Å². The number of nitrogens with two attached hydrogens (primary N) is 1. The molecular formula is C7H18N2O. The van der Waals surface area contributed by atoms with E-state index in [0.717, 1.165) is 6.54 Å². The van der Waals surface area contributed by atoms with Crippen LogP contribution in [0.5, 0.6) is 0 Å². The highest BCUT2D eigenvalue weighted by atomic mass is 16.3. The Morgan fingerprint density at radius 1 is 1.30 bits per heavy atom. The van der Waals surface area contributed by atoms with Gasteiger partial charge < -0.3 is 15.7 Å². The van der Waals surface area contributed by atoms with Crippen LogP contribution in [0, 0.1) is 0 Å². The molecule has 1 rings (SSSR count). The average Bonchev–Trinajstić information content (AvgIpc) is 2.46. The SMILES string of the molecule is CN.OCCN1CCCC1. The molecule has 1 saturated heterocycles. The molecule has 0 amide bonds. The highest BCUT2D eigenvalue weighted by molar-refractivity contribution is 4.64. The Morgan fingerprint density at radius 3 is 2.20 bits per heavy atom. The van der Waals surface area contributed by atoms with Gasteiger partial charge in [0.2, 0.25) is 0 Å². The van der Waals surface area contributed by atoms with Crippen molar-refractivity contribution in [2.24, 2.45) is 5.73 Å². The first-order chi connectivity index (χ1) is 4.93. The lowest BCUT2D eigenvalue weighted by Gasteiger charge is -2.10. The van der Waals surface area contributed by atoms with Gasteiger partial charge in [-0.1, -0.05) is 0 Å². The van der Waals surface area contributed by atoms with E-state index in [2.05, 4.69) is 10.6 Å². The summed E-state index contributed by atoms with van der Waals surface area (Å²) in [5, 5.41) is 8.48. The van der Waals surface area contributed by atoms with Crippen LogP contribution in [0.3, 0.4) is 0 Å². The van der Waals surface area contributed by atoms with Crippen molar-refractivity contribution in [1.82, 2.24) is 4.90 Å². The molecule has 62 valence electrons. The van der Waals surface area contributed by atoms with Crippen molar-refractivity contribution in [3.63, 3.8) is 0 Å². The van der Waals surface area contributed by atoms with Gasteiger partial charge in [-0.05, 0) is 33.0 Å². The standard InChI is InChI=1S/C6H13NO.CH5N/c8-6-5-7-3-1-2-4-7;1-2/h8H,1-6H2;2H2,1H3. The summed E-state index contributed by atoms with van der Waals surface area (Å²) in [5.74, 6) is 0. The average molecular weight is 146 g/mol. The first kappa shape index (κ1) is 9.88. The van der Waals surface area contributed by atoms with Gasteiger partial charge in [-0.25, -0.2) is 0 Å². The fourth-order valence-corrected chi connectivity index (χ4v) is 1.15. The van der Waals surface area contributed by atoms with Gasteiger partial charge in [0.1, 0.15) is 0 Å². The molecule has 0 bridgehead atoms. The van der Waals surface area contributed by atoms with Gasteiger partial charge in [-0.3, -0.25) is 0 Å². The zero-order chi connectivity index (χ0) is 7.82. The van der Waals surface area contributed by atoms with Crippen LogP contribution in [-0.2, 0) is 0 Å². The summed E-state index contributed by atoms with van der Waals surface area (Å²) < 4.78 is 0. The van der Waals surface area contributed by atoms with Crippen LogP contribution in [0.2, 0.25) is 0 Å². The number of aliphatic hydroxyl groups is 1. The smallest absolute Gasteiger partial charge is 0.0558 e. The summed E-state index contributed by atoms with van der Waals surface area (Å²) >= 11 is 0. The summed E-state index contributed by atoms with van der Waals surface area (Å²) in [4.78, 5) is 2.29. The molecule has 3 heteroatoms. The van der Waals surface area contributed by atoms with Crippen molar-refractivity contribution in [3.05, 3.63) is 0 Å². The van der Waals surface area contributed by atoms with E-state index in [1.807, 2.05) is 0 Å². The van der Waals surface area contributed by atoms with Gasteiger partial charge in [-0.15, -0.1) is 0 Å². The number of β-amino-alcohol motifs (C(OH)–C–C–N with tert-alkyl or cyclic N) is 1. The van der Waals surface area contributed by atoms with E-state index in [0.29, 0.717) is 6.61 Å². The van der Waals surface area contributed by atoms with Crippen LogP contribution < -0.4 is 5.73 Å². The predicted octanol–water partition coefficient (Wildman–Crippen LogP) is -0.351. The third kappa shape index (κ3) is 3.82. The van der Waals surface area contributed by atoms with Crippen molar-refractivity contribution in [2.45, 2.75) is 12.8 Å². The fraction of sp³-hybridized carbons (Fsp3) is 1.00. The first-order valence-electron chi connectivity index (χ1n) is 3.84. The quantitative estimate of drug-likeness (QED) is 0.560. The molecule has 3 nitrogen and oxygen atoms in total. The Balaban J connectivity index is 0.000000371. The first-order valence-corrected chi connectivity index (χ1v) is 3.84. The van der Waals surface area contributed by atoms with Gasteiger partial charge in [0.25, 0.3) is 0 Å². The number of rotatable bonds is 2. The number of likely N-dealkylation sites (tertiary alicyclic amines) is 1. The third-order valence-corrected chi connectivity index (χ3v) is 1.61. The van der Waals surface area contributed by atoms with Gasteiger partial charge in [-0.2, -0.15) is 0 Å². The molecule has 1 aliphatic rings. The minimum absolute atomic E-state index is 0.319. The molecule has 0 aromatic rings. The predicted molar refractivity (Wildman–Crippen MR) is 42.9 cm³/mol. The lowest BCUT2D eigenvalue weighted by atomic mass is 10.4. The largest absolute Gasteiger partial charge is 0.395 e. The van der Waals surface area contributed by atoms with Crippen LogP contribution in [0.15, 0.2) is 0 Å². The fourth-order valence-electron chi connectivity index (χ4n) is 1.15. The van der Waals surface area contributed by atoms with E-state index in [1.54, 1.807) is 0 Å². The molecule has 0 saturated carbocycles. The van der Waals surface area contributed by atoms with Gasteiger partial charge in [0, 0.05) is 6.54 Å². The molecule has 1 heterocycles. The number of hydrogen-bond donors (Lipinski definition) is 2. The Morgan fingerprint density at radius 2 is 1.80 bits per heavy atom. The van der Waals surface area contributed by atoms with Crippen LogP contribution in [0.4, 0.5) is 0 Å². The topological polar surface area (TPSA) is 49.5 Å². The molecule has 0 radical (unpaired) electrons. The van der Waals surface area contributed by atoms with Crippen molar-refractivity contribution in [3.8, 4) is 0 Å². The van der Waals surface area contributed by atoms with E-state index in [9.17, 15) is 0 Å². The second kappa shape index (κ2) is 6.99. The maximum atomic E-state index is 8.48. The Hall–Kier alpha value is -0.120. The molecule has 0 unspecified atom stereocenters. The highest BCUT2D eigenvalue weighted by Gasteiger charge is 2.08. The maximum absolute atomic E-state index is 8.48. The van der Waals surface area contributed by atoms with E-state index >= 15 is 0 Å². The molecule has 10 heavy (non-hydrogen) atoms. The van der Waals surface area contributed by atoms with Crippen molar-refractivity contribution >= 4 is 0 Å². The minimum Gasteiger partial charge on any atom is -0.395 e. The van der Waals surface area contributed by atoms with E-state index in [4.69, 9.17) is 5.11 Å². The van der Waals surface area contributed by atoms with Gasteiger partial charge in [0.15, 0.2) is 0 Å². The second-order valence-electron chi connectivity index (χ2n) is 2.27. The van der Waals surface area contributed by atoms with Crippen LogP contribution in [0.1, 0.15) is 12.8 Å². The molecule has 0 aromatic carbocycles. The number of nitrogens with zero attached hydrogens (tertiary/aromatic N) is 1. The van der Waals surface area contributed by atoms with Crippen LogP contribution in [0.25, 0.3) is 0 Å². The highest BCUT2D eigenvalue weighted by Crippen LogP contribution is 2.04. The maximum Gasteiger partial charge on any atom is 0.0558 e. The Kier molecular flexibility index (Phi) is 6.91. The van der Waals surface area contributed by atoms with Crippen molar-refractivity contribution < 1.29 is 5.11 Å². The van der Waals surface area contributed by atoms with Crippen molar-refractivity contribution in [2.75, 3.05) is 33.3 Å². The van der Waals surface area contributed by atoms with Gasteiger partial charge >= 0.3 is 0 Å². The molecule has 0 spiro atoms. The van der Waals surface area contributed by atoms with Crippen molar-refractivity contribution in [1.29, 1.82) is 0 Å². The molecule has 0 aromatic heterocycles. The number of hydrogen-bond acceptors (Lipinski definition) is 3. The lowest BCUT2D eigenvalue weighted by molar-refractivity contribution is 0.221. The van der Waals surface area contributed by atoms with Crippen LogP contribution in [-0.4, -0.2) is 43.3 Å². The van der Waals surface area contributed by atoms with E-state index in [-0.39, 0.29) is 0 Å². The molecular weight excluding hydrogens is 128 g/mol.